The fourth-order valence-corrected chi connectivity index (χ4v) is 4.50. The first kappa shape index (κ1) is 18.4. The lowest BCUT2D eigenvalue weighted by atomic mass is 10.1. The second-order valence-electron chi connectivity index (χ2n) is 5.90. The average molecular weight is 356 g/mol. The van der Waals surface area contributed by atoms with Gasteiger partial charge in [-0.1, -0.05) is 18.2 Å². The molecule has 0 spiro atoms. The number of amides is 2. The molecule has 1 atom stereocenters. The third-order valence-corrected chi connectivity index (χ3v) is 5.79. The number of carbonyl (C=O) groups excluding carboxylic acids is 2. The van der Waals surface area contributed by atoms with Gasteiger partial charge in [0, 0.05) is 19.5 Å². The van der Waals surface area contributed by atoms with Crippen LogP contribution in [0.1, 0.15) is 18.9 Å². The Hall–Kier alpha value is -1.96. The van der Waals surface area contributed by atoms with Crippen LogP contribution in [-0.4, -0.2) is 55.8 Å². The molecule has 0 aromatic heterocycles. The Morgan fingerprint density at radius 1 is 1.33 bits per heavy atom. The molecule has 1 saturated heterocycles. The van der Waals surface area contributed by atoms with Gasteiger partial charge < -0.3 is 10.2 Å². The monoisotopic (exact) mass is 356 g/mol. The van der Waals surface area contributed by atoms with Gasteiger partial charge in [0.05, 0.1) is 18.1 Å². The van der Waals surface area contributed by atoms with Gasteiger partial charge in [-0.25, -0.2) is 12.8 Å². The fraction of sp³-hybridized carbons (Fsp3) is 0.500. The van der Waals surface area contributed by atoms with Crippen molar-refractivity contribution in [1.29, 1.82) is 0 Å². The minimum absolute atomic E-state index is 0.0380. The van der Waals surface area contributed by atoms with Crippen molar-refractivity contribution < 1.29 is 22.4 Å². The Labute approximate surface area is 140 Å². The maximum absolute atomic E-state index is 13.5. The van der Waals surface area contributed by atoms with E-state index in [2.05, 4.69) is 5.32 Å². The second-order valence-corrected chi connectivity index (χ2v) is 8.12. The van der Waals surface area contributed by atoms with Gasteiger partial charge in [-0.2, -0.15) is 0 Å². The highest BCUT2D eigenvalue weighted by Gasteiger charge is 2.34. The van der Waals surface area contributed by atoms with E-state index in [1.165, 1.54) is 17.9 Å². The second kappa shape index (κ2) is 7.74. The lowest BCUT2D eigenvalue weighted by molar-refractivity contribution is -0.136. The fourth-order valence-electron chi connectivity index (χ4n) is 2.77. The van der Waals surface area contributed by atoms with Crippen LogP contribution in [0, 0.1) is 5.82 Å². The van der Waals surface area contributed by atoms with Gasteiger partial charge in [0.2, 0.25) is 11.8 Å². The van der Waals surface area contributed by atoms with E-state index < -0.39 is 15.9 Å². The molecule has 1 unspecified atom stereocenters. The molecule has 1 heterocycles. The number of nitrogens with zero attached hydrogens (tertiary/aromatic N) is 1. The number of benzene rings is 1. The lowest BCUT2D eigenvalue weighted by Crippen LogP contribution is -2.46. The summed E-state index contributed by atoms with van der Waals surface area (Å²) < 4.78 is 36.6. The van der Waals surface area contributed by atoms with Crippen molar-refractivity contribution in [3.63, 3.8) is 0 Å². The van der Waals surface area contributed by atoms with E-state index in [1.807, 2.05) is 0 Å². The van der Waals surface area contributed by atoms with Crippen molar-refractivity contribution in [2.45, 2.75) is 25.8 Å². The highest BCUT2D eigenvalue weighted by molar-refractivity contribution is 7.91. The van der Waals surface area contributed by atoms with Crippen LogP contribution >= 0.6 is 0 Å². The van der Waals surface area contributed by atoms with Crippen LogP contribution < -0.4 is 5.32 Å². The molecule has 6 nitrogen and oxygen atoms in total. The maximum Gasteiger partial charge on any atom is 0.239 e. The molecule has 24 heavy (non-hydrogen) atoms. The molecule has 1 aromatic carbocycles. The van der Waals surface area contributed by atoms with Crippen LogP contribution in [0.2, 0.25) is 0 Å². The zero-order chi connectivity index (χ0) is 17.7. The first-order valence-corrected chi connectivity index (χ1v) is 9.58. The summed E-state index contributed by atoms with van der Waals surface area (Å²) in [5.74, 6) is -1.11. The Morgan fingerprint density at radius 2 is 2.04 bits per heavy atom. The smallest absolute Gasteiger partial charge is 0.239 e. The van der Waals surface area contributed by atoms with Crippen molar-refractivity contribution in [3.8, 4) is 0 Å². The summed E-state index contributed by atoms with van der Waals surface area (Å²) in [5.41, 5.74) is 0.503. The Morgan fingerprint density at radius 3 is 2.62 bits per heavy atom. The van der Waals surface area contributed by atoms with E-state index in [0.717, 1.165) is 0 Å². The number of nitrogens with one attached hydrogen (secondary N) is 1. The van der Waals surface area contributed by atoms with Crippen LogP contribution in [0.4, 0.5) is 4.39 Å². The van der Waals surface area contributed by atoms with E-state index in [0.29, 0.717) is 18.4 Å². The minimum atomic E-state index is -3.13. The molecule has 0 saturated carbocycles. The van der Waals surface area contributed by atoms with E-state index in [1.54, 1.807) is 18.2 Å². The van der Waals surface area contributed by atoms with Crippen LogP contribution in [0.3, 0.4) is 0 Å². The predicted octanol–water partition coefficient (Wildman–Crippen LogP) is 0.520. The highest BCUT2D eigenvalue weighted by Crippen LogP contribution is 2.17. The SMILES string of the molecule is CC(=O)N(CC(=O)NCCc1ccccc1F)C1CCS(=O)(=O)C1. The number of hydrogen-bond donors (Lipinski definition) is 1. The Bertz CT molecular complexity index is 721. The van der Waals surface area contributed by atoms with Crippen molar-refractivity contribution in [2.24, 2.45) is 0 Å². The van der Waals surface area contributed by atoms with E-state index >= 15 is 0 Å². The molecule has 2 rings (SSSR count). The Kier molecular flexibility index (Phi) is 5.93. The van der Waals surface area contributed by atoms with E-state index in [-0.39, 0.29) is 42.2 Å². The van der Waals surface area contributed by atoms with Gasteiger partial charge in [0.25, 0.3) is 0 Å². The maximum atomic E-state index is 13.5. The summed E-state index contributed by atoms with van der Waals surface area (Å²) >= 11 is 0. The van der Waals surface area contributed by atoms with Crippen LogP contribution in [-0.2, 0) is 25.8 Å². The summed E-state index contributed by atoms with van der Waals surface area (Å²) in [5, 5.41) is 2.64. The topological polar surface area (TPSA) is 83.6 Å². The molecule has 0 radical (unpaired) electrons. The molecule has 0 aliphatic carbocycles. The quantitative estimate of drug-likeness (QED) is 0.805. The molecule has 1 aliphatic rings. The summed E-state index contributed by atoms with van der Waals surface area (Å²) in [6.45, 7) is 1.37. The van der Waals surface area contributed by atoms with E-state index in [4.69, 9.17) is 0 Å². The Balaban J connectivity index is 1.85. The van der Waals surface area contributed by atoms with Crippen molar-refractivity contribution in [1.82, 2.24) is 10.2 Å². The first-order valence-electron chi connectivity index (χ1n) is 7.76. The van der Waals surface area contributed by atoms with Crippen molar-refractivity contribution in [2.75, 3.05) is 24.6 Å². The number of hydrogen-bond acceptors (Lipinski definition) is 4. The molecular formula is C16H21FN2O4S. The molecule has 132 valence electrons. The third-order valence-electron chi connectivity index (χ3n) is 4.04. The minimum Gasteiger partial charge on any atom is -0.354 e. The summed E-state index contributed by atoms with van der Waals surface area (Å²) in [6.07, 6.45) is 0.695. The number of rotatable bonds is 6. The normalized spacial score (nSPS) is 19.0. The van der Waals surface area contributed by atoms with Gasteiger partial charge >= 0.3 is 0 Å². The van der Waals surface area contributed by atoms with Gasteiger partial charge in [0.15, 0.2) is 9.84 Å². The summed E-state index contributed by atoms with van der Waals surface area (Å²) in [6, 6.07) is 5.86. The molecular weight excluding hydrogens is 335 g/mol. The van der Waals surface area contributed by atoms with Crippen molar-refractivity contribution in [3.05, 3.63) is 35.6 Å². The molecule has 0 bridgehead atoms. The standard InChI is InChI=1S/C16H21FN2O4S/c1-12(20)19(14-7-9-24(22,23)11-14)10-16(21)18-8-6-13-4-2-3-5-15(13)17/h2-5,14H,6-11H2,1H3,(H,18,21). The highest BCUT2D eigenvalue weighted by atomic mass is 32.2. The first-order chi connectivity index (χ1) is 11.3. The molecule has 1 aromatic rings. The van der Waals surface area contributed by atoms with E-state index in [9.17, 15) is 22.4 Å². The summed E-state index contributed by atoms with van der Waals surface area (Å²) in [4.78, 5) is 25.0. The number of halogens is 1. The lowest BCUT2D eigenvalue weighted by Gasteiger charge is -2.26. The molecule has 8 heteroatoms. The van der Waals surface area contributed by atoms with Crippen LogP contribution in [0.25, 0.3) is 0 Å². The molecule has 2 amide bonds. The van der Waals surface area contributed by atoms with Crippen LogP contribution in [0.15, 0.2) is 24.3 Å². The summed E-state index contributed by atoms with van der Waals surface area (Å²) in [7, 11) is -3.13. The van der Waals surface area contributed by atoms with Crippen molar-refractivity contribution >= 4 is 21.7 Å². The third kappa shape index (κ3) is 5.02. The van der Waals surface area contributed by atoms with Crippen LogP contribution in [0.5, 0.6) is 0 Å². The predicted molar refractivity (Wildman–Crippen MR) is 87.6 cm³/mol. The largest absolute Gasteiger partial charge is 0.354 e. The average Bonchev–Trinajstić information content (AvgIpc) is 2.86. The molecule has 1 aliphatic heterocycles. The van der Waals surface area contributed by atoms with Gasteiger partial charge in [0.1, 0.15) is 5.82 Å². The zero-order valence-electron chi connectivity index (χ0n) is 13.5. The van der Waals surface area contributed by atoms with Gasteiger partial charge in [-0.15, -0.1) is 0 Å². The molecule has 1 N–H and O–H groups in total. The van der Waals surface area contributed by atoms with Gasteiger partial charge in [-0.05, 0) is 24.5 Å². The molecule has 1 fully saturated rings. The zero-order valence-corrected chi connectivity index (χ0v) is 14.3. The van der Waals surface area contributed by atoms with Gasteiger partial charge in [-0.3, -0.25) is 9.59 Å². The number of sulfone groups is 1. The number of carbonyl (C=O) groups is 2.